The van der Waals surface area contributed by atoms with Crippen LogP contribution in [0.25, 0.3) is 6.08 Å². The number of alkyl halides is 9. The molecule has 40 heavy (non-hydrogen) atoms. The minimum Gasteiger partial charge on any atom is -0.349 e. The van der Waals surface area contributed by atoms with Crippen LogP contribution in [-0.2, 0) is 11.0 Å². The first-order chi connectivity index (χ1) is 18.2. The molecule has 0 fully saturated rings. The Morgan fingerprint density at radius 1 is 0.925 bits per heavy atom. The molecule has 0 bridgehead atoms. The van der Waals surface area contributed by atoms with E-state index >= 15 is 0 Å². The van der Waals surface area contributed by atoms with Gasteiger partial charge in [-0.15, -0.1) is 0 Å². The van der Waals surface area contributed by atoms with Gasteiger partial charge in [0.2, 0.25) is 5.91 Å². The van der Waals surface area contributed by atoms with Crippen molar-refractivity contribution in [1.29, 1.82) is 0 Å². The molecule has 0 aliphatic rings. The lowest BCUT2D eigenvalue weighted by molar-refractivity contribution is -0.139. The van der Waals surface area contributed by atoms with Gasteiger partial charge in [-0.2, -0.15) is 39.5 Å². The van der Waals surface area contributed by atoms with Crippen LogP contribution in [0.2, 0.25) is 15.1 Å². The van der Waals surface area contributed by atoms with Crippen molar-refractivity contribution >= 4 is 52.7 Å². The van der Waals surface area contributed by atoms with Crippen LogP contribution >= 0.6 is 34.8 Å². The molecule has 2 atom stereocenters. The zero-order valence-corrected chi connectivity index (χ0v) is 22.2. The summed E-state index contributed by atoms with van der Waals surface area (Å²) in [6.45, 7) is -0.449. The molecule has 0 saturated heterocycles. The second-order valence-corrected chi connectivity index (χ2v) is 9.64. The summed E-state index contributed by atoms with van der Waals surface area (Å²) in [5, 5.41) is 2.92. The highest BCUT2D eigenvalue weighted by molar-refractivity contribution is 6.48. The monoisotopic (exact) mass is 642 g/mol. The fourth-order valence-electron chi connectivity index (χ4n) is 3.37. The van der Waals surface area contributed by atoms with Gasteiger partial charge in [0.15, 0.2) is 0 Å². The van der Waals surface area contributed by atoms with Gasteiger partial charge >= 0.3 is 18.5 Å². The van der Waals surface area contributed by atoms with E-state index in [0.717, 1.165) is 24.3 Å². The van der Waals surface area contributed by atoms with Crippen molar-refractivity contribution in [3.63, 3.8) is 0 Å². The number of hydrogen-bond donors (Lipinski definition) is 2. The molecule has 2 rings (SSSR count). The lowest BCUT2D eigenvalue weighted by atomic mass is 9.96. The van der Waals surface area contributed by atoms with Gasteiger partial charge < -0.3 is 10.6 Å². The van der Waals surface area contributed by atoms with Crippen LogP contribution in [0.15, 0.2) is 36.4 Å². The maximum atomic E-state index is 13.7. The molecule has 4 nitrogen and oxygen atoms in total. The maximum absolute atomic E-state index is 13.7. The van der Waals surface area contributed by atoms with Gasteiger partial charge in [-0.25, -0.2) is 0 Å². The van der Waals surface area contributed by atoms with Crippen LogP contribution in [0.1, 0.15) is 46.3 Å². The third-order valence-corrected chi connectivity index (χ3v) is 6.34. The minimum absolute atomic E-state index is 0.183. The zero-order valence-electron chi connectivity index (χ0n) is 20.0. The fourth-order valence-corrected chi connectivity index (χ4v) is 3.98. The SMILES string of the molecule is CC(CC(=O)NCC(F)(F)F)NC(=O)c1ccc(/C=C/C(c2cc(Cl)c(Cl)c(Cl)c2)C(F)(F)F)cc1C(F)(F)F. The van der Waals surface area contributed by atoms with Crippen LogP contribution in [0.3, 0.4) is 0 Å². The number of benzene rings is 2. The van der Waals surface area contributed by atoms with Crippen molar-refractivity contribution in [3.05, 3.63) is 73.7 Å². The molecule has 2 aromatic carbocycles. The van der Waals surface area contributed by atoms with Gasteiger partial charge in [-0.05, 0) is 42.3 Å². The Kier molecular flexibility index (Phi) is 10.8. The van der Waals surface area contributed by atoms with E-state index in [9.17, 15) is 49.1 Å². The second-order valence-electron chi connectivity index (χ2n) is 8.45. The molecule has 0 aliphatic heterocycles. The molecule has 0 radical (unpaired) electrons. The van der Waals surface area contributed by atoms with Crippen molar-refractivity contribution in [2.45, 2.75) is 43.8 Å². The molecule has 220 valence electrons. The predicted octanol–water partition coefficient (Wildman–Crippen LogP) is 8.21. The van der Waals surface area contributed by atoms with Crippen molar-refractivity contribution in [2.75, 3.05) is 6.54 Å². The molecule has 2 aromatic rings. The number of allylic oxidation sites excluding steroid dienone is 1. The summed E-state index contributed by atoms with van der Waals surface area (Å²) in [6.07, 6.45) is -14.0. The molecular formula is C24H18Cl3F9N2O2. The molecule has 0 aromatic heterocycles. The van der Waals surface area contributed by atoms with Gasteiger partial charge in [0.05, 0.1) is 32.1 Å². The summed E-state index contributed by atoms with van der Waals surface area (Å²) in [7, 11) is 0. The van der Waals surface area contributed by atoms with Crippen molar-refractivity contribution < 1.29 is 49.1 Å². The summed E-state index contributed by atoms with van der Waals surface area (Å²) >= 11 is 17.4. The van der Waals surface area contributed by atoms with E-state index in [4.69, 9.17) is 34.8 Å². The van der Waals surface area contributed by atoms with Gasteiger partial charge in [0.1, 0.15) is 6.54 Å². The van der Waals surface area contributed by atoms with Crippen molar-refractivity contribution in [2.24, 2.45) is 0 Å². The minimum atomic E-state index is -5.12. The highest BCUT2D eigenvalue weighted by Gasteiger charge is 2.40. The predicted molar refractivity (Wildman–Crippen MR) is 131 cm³/mol. The van der Waals surface area contributed by atoms with Crippen LogP contribution in [0.4, 0.5) is 39.5 Å². The number of rotatable bonds is 8. The molecule has 0 saturated carbocycles. The Balaban J connectivity index is 2.31. The molecule has 0 heterocycles. The highest BCUT2D eigenvalue weighted by atomic mass is 35.5. The Morgan fingerprint density at radius 2 is 1.50 bits per heavy atom. The van der Waals surface area contributed by atoms with Gasteiger partial charge in [0.25, 0.3) is 5.91 Å². The average molecular weight is 644 g/mol. The van der Waals surface area contributed by atoms with Crippen molar-refractivity contribution in [3.8, 4) is 0 Å². The number of halogens is 12. The summed E-state index contributed by atoms with van der Waals surface area (Å²) in [4.78, 5) is 24.1. The molecule has 2 amide bonds. The van der Waals surface area contributed by atoms with E-state index in [1.807, 2.05) is 0 Å². The van der Waals surface area contributed by atoms with Crippen LogP contribution in [-0.4, -0.2) is 36.8 Å². The second kappa shape index (κ2) is 12.9. The van der Waals surface area contributed by atoms with E-state index < -0.39 is 72.0 Å². The van der Waals surface area contributed by atoms with Gasteiger partial charge in [0, 0.05) is 12.5 Å². The number of amides is 2. The normalized spacial score (nSPS) is 14.2. The summed E-state index contributed by atoms with van der Waals surface area (Å²) in [6, 6.07) is 2.78. The first kappa shape index (κ1) is 33.6. The van der Waals surface area contributed by atoms with Crippen LogP contribution in [0.5, 0.6) is 0 Å². The first-order valence-corrected chi connectivity index (χ1v) is 12.1. The first-order valence-electron chi connectivity index (χ1n) is 10.9. The molecular weight excluding hydrogens is 626 g/mol. The van der Waals surface area contributed by atoms with Crippen LogP contribution in [0, 0.1) is 0 Å². The van der Waals surface area contributed by atoms with E-state index in [-0.39, 0.29) is 20.6 Å². The number of carbonyl (C=O) groups is 2. The molecule has 16 heteroatoms. The third-order valence-electron chi connectivity index (χ3n) is 5.15. The van der Waals surface area contributed by atoms with E-state index in [0.29, 0.717) is 18.2 Å². The smallest absolute Gasteiger partial charge is 0.349 e. The summed E-state index contributed by atoms with van der Waals surface area (Å²) < 4.78 is 119. The van der Waals surface area contributed by atoms with Gasteiger partial charge in [-0.1, -0.05) is 53.0 Å². The van der Waals surface area contributed by atoms with E-state index in [1.165, 1.54) is 6.92 Å². The lowest BCUT2D eigenvalue weighted by Crippen LogP contribution is -2.40. The fraction of sp³-hybridized carbons (Fsp3) is 0.333. The van der Waals surface area contributed by atoms with E-state index in [1.54, 1.807) is 5.32 Å². The maximum Gasteiger partial charge on any atom is 0.417 e. The Labute approximate surface area is 236 Å². The van der Waals surface area contributed by atoms with Gasteiger partial charge in [-0.3, -0.25) is 9.59 Å². The Hall–Kier alpha value is -2.64. The van der Waals surface area contributed by atoms with E-state index in [2.05, 4.69) is 5.32 Å². The van der Waals surface area contributed by atoms with Crippen LogP contribution < -0.4 is 10.6 Å². The number of nitrogens with one attached hydrogen (secondary N) is 2. The summed E-state index contributed by atoms with van der Waals surface area (Å²) in [5.41, 5.74) is -3.19. The lowest BCUT2D eigenvalue weighted by Gasteiger charge is -2.19. The molecule has 0 aliphatic carbocycles. The number of hydrogen-bond acceptors (Lipinski definition) is 2. The standard InChI is InChI=1S/C24H18Cl3F9N2O2/c1-11(6-19(39)37-10-22(28,29)30)38-21(40)14-4-2-12(7-16(14)24(34,35)36)3-5-15(23(31,32)33)13-8-17(25)20(27)18(26)9-13/h2-5,7-9,11,15H,6,10H2,1H3,(H,37,39)(H,38,40)/b5-3+. The largest absolute Gasteiger partial charge is 0.417 e. The third kappa shape index (κ3) is 9.77. The number of carbonyl (C=O) groups excluding carboxylic acids is 2. The summed E-state index contributed by atoms with van der Waals surface area (Å²) in [5.74, 6) is -4.75. The highest BCUT2D eigenvalue weighted by Crippen LogP contribution is 2.41. The van der Waals surface area contributed by atoms with Crippen molar-refractivity contribution in [1.82, 2.24) is 10.6 Å². The Morgan fingerprint density at radius 3 is 2.00 bits per heavy atom. The quantitative estimate of drug-likeness (QED) is 0.225. The average Bonchev–Trinajstić information content (AvgIpc) is 2.79. The topological polar surface area (TPSA) is 58.2 Å². The Bertz CT molecular complexity index is 1250. The zero-order chi connectivity index (χ0) is 30.6. The molecule has 0 spiro atoms. The molecule has 2 N–H and O–H groups in total. The molecule has 2 unspecified atom stereocenters.